The molecule has 0 spiro atoms. The fourth-order valence-corrected chi connectivity index (χ4v) is 3.51. The second-order valence-corrected chi connectivity index (χ2v) is 6.46. The van der Waals surface area contributed by atoms with E-state index >= 15 is 0 Å². The molecule has 3 rings (SSSR count). The number of nitrogens with zero attached hydrogens (tertiary/aromatic N) is 2. The number of ether oxygens (including phenoxy) is 1. The van der Waals surface area contributed by atoms with Crippen LogP contribution < -0.4 is 4.80 Å². The van der Waals surface area contributed by atoms with E-state index in [1.165, 1.54) is 5.69 Å². The lowest BCUT2D eigenvalue weighted by molar-refractivity contribution is 0.0959. The van der Waals surface area contributed by atoms with Crippen LogP contribution in [0, 0.1) is 6.92 Å². The van der Waals surface area contributed by atoms with Gasteiger partial charge in [-0.05, 0) is 51.0 Å². The predicted octanol–water partition coefficient (Wildman–Crippen LogP) is 3.47. The highest BCUT2D eigenvalue weighted by atomic mass is 32.1. The number of benzene rings is 1. The minimum atomic E-state index is 0.0759. The van der Waals surface area contributed by atoms with Gasteiger partial charge in [-0.3, -0.25) is 4.79 Å². The molecule has 1 aromatic heterocycles. The Labute approximate surface area is 134 Å². The summed E-state index contributed by atoms with van der Waals surface area (Å²) in [6.07, 6.45) is 2.56. The van der Waals surface area contributed by atoms with Gasteiger partial charge in [0.15, 0.2) is 10.6 Å². The summed E-state index contributed by atoms with van der Waals surface area (Å²) >= 11 is 1.64. The van der Waals surface area contributed by atoms with Crippen LogP contribution in [0.5, 0.6) is 0 Å². The van der Waals surface area contributed by atoms with Crippen LogP contribution in [0.25, 0.3) is 0 Å². The molecule has 0 N–H and O–H groups in total. The number of carbonyl (C=O) groups excluding carboxylic acids is 1. The van der Waals surface area contributed by atoms with Crippen molar-refractivity contribution in [2.24, 2.45) is 4.99 Å². The molecule has 116 valence electrons. The summed E-state index contributed by atoms with van der Waals surface area (Å²) in [5.41, 5.74) is 2.79. The third kappa shape index (κ3) is 3.36. The predicted molar refractivity (Wildman–Crippen MR) is 87.7 cm³/mol. The first kappa shape index (κ1) is 15.2. The van der Waals surface area contributed by atoms with Crippen LogP contribution in [0.1, 0.15) is 35.8 Å². The molecule has 2 heterocycles. The monoisotopic (exact) mass is 316 g/mol. The van der Waals surface area contributed by atoms with E-state index in [0.29, 0.717) is 11.7 Å². The molecule has 1 atom stereocenters. The van der Waals surface area contributed by atoms with Crippen LogP contribution in [0.4, 0.5) is 5.69 Å². The van der Waals surface area contributed by atoms with E-state index in [4.69, 9.17) is 9.73 Å². The fraction of sp³-hybridized carbons (Fsp3) is 0.412. The molecule has 4 nitrogen and oxygen atoms in total. The fourth-order valence-electron chi connectivity index (χ4n) is 2.60. The molecule has 0 aliphatic carbocycles. The van der Waals surface area contributed by atoms with Crippen LogP contribution in [0.2, 0.25) is 0 Å². The molecule has 1 aromatic carbocycles. The van der Waals surface area contributed by atoms with E-state index < -0.39 is 0 Å². The Morgan fingerprint density at radius 1 is 1.41 bits per heavy atom. The summed E-state index contributed by atoms with van der Waals surface area (Å²) in [6.45, 7) is 5.40. The molecular weight excluding hydrogens is 296 g/mol. The van der Waals surface area contributed by atoms with Crippen molar-refractivity contribution in [3.63, 3.8) is 0 Å². The van der Waals surface area contributed by atoms with E-state index in [1.54, 1.807) is 18.3 Å². The van der Waals surface area contributed by atoms with Crippen molar-refractivity contribution in [2.75, 3.05) is 6.61 Å². The molecule has 1 aliphatic rings. The number of ketones is 1. The summed E-state index contributed by atoms with van der Waals surface area (Å²) in [4.78, 5) is 17.0. The number of aromatic nitrogens is 1. The van der Waals surface area contributed by atoms with Crippen LogP contribution in [-0.4, -0.2) is 23.1 Å². The second-order valence-electron chi connectivity index (χ2n) is 5.62. The minimum absolute atomic E-state index is 0.0759. The number of aryl methyl sites for hydroxylation is 1. The minimum Gasteiger partial charge on any atom is -0.376 e. The molecule has 0 radical (unpaired) electrons. The maximum Gasteiger partial charge on any atom is 0.190 e. The number of thiazole rings is 1. The van der Waals surface area contributed by atoms with Crippen molar-refractivity contribution in [2.45, 2.75) is 39.3 Å². The van der Waals surface area contributed by atoms with Gasteiger partial charge in [0.05, 0.1) is 18.3 Å². The second kappa shape index (κ2) is 6.58. The van der Waals surface area contributed by atoms with E-state index in [9.17, 15) is 4.79 Å². The lowest BCUT2D eigenvalue weighted by Gasteiger charge is -2.12. The van der Waals surface area contributed by atoms with Gasteiger partial charge in [0, 0.05) is 23.2 Å². The molecule has 1 aliphatic heterocycles. The largest absolute Gasteiger partial charge is 0.376 e. The Morgan fingerprint density at radius 2 is 2.18 bits per heavy atom. The normalized spacial score (nSPS) is 18.8. The van der Waals surface area contributed by atoms with Gasteiger partial charge in [-0.15, -0.1) is 11.3 Å². The third-order valence-corrected chi connectivity index (χ3v) is 4.88. The Balaban J connectivity index is 1.88. The lowest BCUT2D eigenvalue weighted by Crippen LogP contribution is -2.24. The first-order valence-electron chi connectivity index (χ1n) is 7.56. The summed E-state index contributed by atoms with van der Waals surface area (Å²) < 4.78 is 7.95. The van der Waals surface area contributed by atoms with Gasteiger partial charge in [0.2, 0.25) is 0 Å². The molecule has 1 unspecified atom stereocenters. The maximum atomic E-state index is 11.3. The average Bonchev–Trinajstić information content (AvgIpc) is 3.13. The van der Waals surface area contributed by atoms with Crippen molar-refractivity contribution >= 4 is 22.8 Å². The van der Waals surface area contributed by atoms with Crippen molar-refractivity contribution in [1.82, 2.24) is 4.57 Å². The molecule has 0 bridgehead atoms. The van der Waals surface area contributed by atoms with E-state index in [1.807, 2.05) is 24.3 Å². The first-order valence-corrected chi connectivity index (χ1v) is 8.44. The highest BCUT2D eigenvalue weighted by Crippen LogP contribution is 2.16. The highest BCUT2D eigenvalue weighted by molar-refractivity contribution is 7.07. The zero-order valence-electron chi connectivity index (χ0n) is 12.9. The summed E-state index contributed by atoms with van der Waals surface area (Å²) in [5, 5.41) is 2.12. The molecular formula is C17H20N2O2S. The topological polar surface area (TPSA) is 43.6 Å². The van der Waals surface area contributed by atoms with Gasteiger partial charge in [-0.2, -0.15) is 0 Å². The molecule has 1 fully saturated rings. The summed E-state index contributed by atoms with van der Waals surface area (Å²) in [5.74, 6) is 0.0759. The number of hydrogen-bond acceptors (Lipinski definition) is 4. The standard InChI is InChI=1S/C17H20N2O2S/c1-12-11-22-17(19(12)10-16-4-3-9-21-16)18-15-7-5-14(6-8-15)13(2)20/h5-8,11,16H,3-4,9-10H2,1-2H3. The summed E-state index contributed by atoms with van der Waals surface area (Å²) in [7, 11) is 0. The van der Waals surface area contributed by atoms with Crippen molar-refractivity contribution in [3.8, 4) is 0 Å². The number of Topliss-reactive ketones (excluding diaryl/α,β-unsaturated/α-hetero) is 1. The average molecular weight is 316 g/mol. The van der Waals surface area contributed by atoms with Crippen molar-refractivity contribution in [3.05, 3.63) is 45.7 Å². The molecule has 0 amide bonds. The van der Waals surface area contributed by atoms with Crippen LogP contribution >= 0.6 is 11.3 Å². The number of hydrogen-bond donors (Lipinski definition) is 0. The first-order chi connectivity index (χ1) is 10.6. The zero-order valence-corrected chi connectivity index (χ0v) is 13.7. The third-order valence-electron chi connectivity index (χ3n) is 3.90. The Morgan fingerprint density at radius 3 is 2.82 bits per heavy atom. The van der Waals surface area contributed by atoms with E-state index in [2.05, 4.69) is 16.9 Å². The molecule has 1 saturated heterocycles. The Hall–Kier alpha value is -1.72. The van der Waals surface area contributed by atoms with Gasteiger partial charge in [0.1, 0.15) is 0 Å². The lowest BCUT2D eigenvalue weighted by atomic mass is 10.1. The van der Waals surface area contributed by atoms with E-state index in [0.717, 1.165) is 36.5 Å². The van der Waals surface area contributed by atoms with Crippen LogP contribution in [-0.2, 0) is 11.3 Å². The Kier molecular flexibility index (Phi) is 4.55. The van der Waals surface area contributed by atoms with Crippen LogP contribution in [0.15, 0.2) is 34.6 Å². The Bertz CT molecular complexity index is 722. The van der Waals surface area contributed by atoms with Gasteiger partial charge in [-0.25, -0.2) is 4.99 Å². The van der Waals surface area contributed by atoms with Crippen molar-refractivity contribution < 1.29 is 9.53 Å². The zero-order chi connectivity index (χ0) is 15.5. The van der Waals surface area contributed by atoms with Gasteiger partial charge in [-0.1, -0.05) is 0 Å². The number of rotatable bonds is 4. The number of carbonyl (C=O) groups is 1. The SMILES string of the molecule is CC(=O)c1ccc(N=c2scc(C)n2CC2CCCO2)cc1. The van der Waals surface area contributed by atoms with Crippen molar-refractivity contribution in [1.29, 1.82) is 0 Å². The highest BCUT2D eigenvalue weighted by Gasteiger charge is 2.17. The van der Waals surface area contributed by atoms with Gasteiger partial charge in [0.25, 0.3) is 0 Å². The maximum absolute atomic E-state index is 11.3. The molecule has 5 heteroatoms. The van der Waals surface area contributed by atoms with Gasteiger partial charge < -0.3 is 9.30 Å². The smallest absolute Gasteiger partial charge is 0.190 e. The van der Waals surface area contributed by atoms with Crippen LogP contribution in [0.3, 0.4) is 0 Å². The molecule has 0 saturated carbocycles. The van der Waals surface area contributed by atoms with Gasteiger partial charge >= 0.3 is 0 Å². The molecule has 2 aromatic rings. The quantitative estimate of drug-likeness (QED) is 0.811. The molecule has 22 heavy (non-hydrogen) atoms. The summed E-state index contributed by atoms with van der Waals surface area (Å²) in [6, 6.07) is 7.43. The van der Waals surface area contributed by atoms with E-state index in [-0.39, 0.29) is 5.78 Å².